The molecule has 1 aromatic heterocycles. The summed E-state index contributed by atoms with van der Waals surface area (Å²) >= 11 is 0. The average molecular weight is 299 g/mol. The molecule has 3 heterocycles. The van der Waals surface area contributed by atoms with Crippen molar-refractivity contribution in [2.75, 3.05) is 24.5 Å². The number of hydrogen-bond acceptors (Lipinski definition) is 4. The summed E-state index contributed by atoms with van der Waals surface area (Å²) in [5.74, 6) is 0. The molecule has 2 aromatic rings. The lowest BCUT2D eigenvalue weighted by Gasteiger charge is -2.48. The van der Waals surface area contributed by atoms with Crippen LogP contribution in [-0.2, 0) is 0 Å². The Bertz CT molecular complexity index is 762. The Hall–Kier alpha value is -2.08. The van der Waals surface area contributed by atoms with E-state index in [0.29, 0.717) is 6.04 Å². The Balaban J connectivity index is 1.81. The molecule has 22 heavy (non-hydrogen) atoms. The normalized spacial score (nSPS) is 21.0. The van der Waals surface area contributed by atoms with E-state index in [2.05, 4.69) is 28.3 Å². The Morgan fingerprint density at radius 3 is 3.14 bits per heavy atom. The summed E-state index contributed by atoms with van der Waals surface area (Å²) in [7, 11) is 0. The van der Waals surface area contributed by atoms with Gasteiger partial charge in [0, 0.05) is 25.2 Å². The molecular formula is C16H21N5O. The van der Waals surface area contributed by atoms with E-state index in [1.807, 2.05) is 19.1 Å². The minimum Gasteiger partial charge on any atom is -0.360 e. The van der Waals surface area contributed by atoms with E-state index >= 15 is 0 Å². The molecule has 2 aliphatic heterocycles. The van der Waals surface area contributed by atoms with Crippen molar-refractivity contribution in [1.82, 2.24) is 19.7 Å². The van der Waals surface area contributed by atoms with Crippen molar-refractivity contribution in [3.63, 3.8) is 0 Å². The number of aromatic nitrogens is 3. The summed E-state index contributed by atoms with van der Waals surface area (Å²) in [6, 6.07) is 6.78. The predicted octanol–water partition coefficient (Wildman–Crippen LogP) is 1.47. The van der Waals surface area contributed by atoms with Gasteiger partial charge in [-0.2, -0.15) is 5.10 Å². The molecule has 116 valence electrons. The van der Waals surface area contributed by atoms with Crippen molar-refractivity contribution < 1.29 is 0 Å². The van der Waals surface area contributed by atoms with Crippen LogP contribution in [0.1, 0.15) is 37.9 Å². The molecule has 0 saturated carbocycles. The molecule has 1 fully saturated rings. The maximum atomic E-state index is 12.6. The van der Waals surface area contributed by atoms with Gasteiger partial charge >= 0.3 is 5.69 Å². The van der Waals surface area contributed by atoms with Crippen LogP contribution in [0.4, 0.5) is 5.69 Å². The van der Waals surface area contributed by atoms with Gasteiger partial charge in [-0.1, -0.05) is 19.1 Å². The summed E-state index contributed by atoms with van der Waals surface area (Å²) in [6.07, 6.45) is 2.54. The highest BCUT2D eigenvalue weighted by Crippen LogP contribution is 2.46. The monoisotopic (exact) mass is 299 g/mol. The Morgan fingerprint density at radius 2 is 2.32 bits per heavy atom. The van der Waals surface area contributed by atoms with Crippen LogP contribution in [-0.4, -0.2) is 34.0 Å². The molecule has 2 unspecified atom stereocenters. The first-order chi connectivity index (χ1) is 10.7. The molecule has 0 amide bonds. The molecule has 2 aliphatic rings. The van der Waals surface area contributed by atoms with Gasteiger partial charge in [0.25, 0.3) is 0 Å². The fraction of sp³-hybridized carbons (Fsp3) is 0.500. The number of nitrogens with one attached hydrogen (secondary N) is 1. The molecule has 4 rings (SSSR count). The molecule has 0 aliphatic carbocycles. The van der Waals surface area contributed by atoms with Gasteiger partial charge in [0.1, 0.15) is 6.33 Å². The smallest absolute Gasteiger partial charge is 0.350 e. The Kier molecular flexibility index (Phi) is 3.07. The molecule has 1 saturated heterocycles. The van der Waals surface area contributed by atoms with Crippen LogP contribution >= 0.6 is 0 Å². The van der Waals surface area contributed by atoms with Gasteiger partial charge in [0.05, 0.1) is 23.5 Å². The van der Waals surface area contributed by atoms with Gasteiger partial charge in [0.15, 0.2) is 0 Å². The molecule has 1 aromatic carbocycles. The van der Waals surface area contributed by atoms with Gasteiger partial charge in [-0.25, -0.2) is 14.0 Å². The standard InChI is InChI=1S/C16H21N5O/c1-3-11(2)21-16(22)20(10-18-21)13-6-4-5-12-14-9-17-7-8-19(14)15(12)13/h4-6,10-11,14,17H,3,7-9H2,1-2H3. The number of piperazine rings is 1. The third-order valence-corrected chi connectivity index (χ3v) is 4.90. The number of benzene rings is 1. The highest BCUT2D eigenvalue weighted by molar-refractivity contribution is 5.76. The number of anilines is 1. The second kappa shape index (κ2) is 4.98. The Labute approximate surface area is 129 Å². The highest BCUT2D eigenvalue weighted by Gasteiger charge is 2.38. The Morgan fingerprint density at radius 1 is 1.45 bits per heavy atom. The minimum absolute atomic E-state index is 0.0543. The summed E-state index contributed by atoms with van der Waals surface area (Å²) in [5, 5.41) is 7.73. The molecule has 0 radical (unpaired) electrons. The number of rotatable bonds is 3. The van der Waals surface area contributed by atoms with Crippen molar-refractivity contribution in [3.8, 4) is 5.69 Å². The number of hydrogen-bond donors (Lipinski definition) is 1. The first-order valence-corrected chi connectivity index (χ1v) is 7.99. The van der Waals surface area contributed by atoms with Gasteiger partial charge in [-0.3, -0.25) is 0 Å². The van der Waals surface area contributed by atoms with Crippen LogP contribution in [0.25, 0.3) is 5.69 Å². The van der Waals surface area contributed by atoms with Gasteiger partial charge < -0.3 is 10.2 Å². The van der Waals surface area contributed by atoms with E-state index in [9.17, 15) is 4.79 Å². The number of fused-ring (bicyclic) bond motifs is 4. The molecule has 2 atom stereocenters. The molecule has 6 nitrogen and oxygen atoms in total. The maximum Gasteiger partial charge on any atom is 0.350 e. The van der Waals surface area contributed by atoms with E-state index in [0.717, 1.165) is 31.7 Å². The quantitative estimate of drug-likeness (QED) is 0.932. The topological polar surface area (TPSA) is 55.1 Å². The summed E-state index contributed by atoms with van der Waals surface area (Å²) in [5.41, 5.74) is 3.42. The summed E-state index contributed by atoms with van der Waals surface area (Å²) in [6.45, 7) is 7.05. The van der Waals surface area contributed by atoms with Crippen LogP contribution < -0.4 is 15.9 Å². The zero-order chi connectivity index (χ0) is 15.3. The lowest BCUT2D eigenvalue weighted by Crippen LogP contribution is -2.52. The van der Waals surface area contributed by atoms with Crippen LogP contribution in [0.5, 0.6) is 0 Å². The molecule has 6 heteroatoms. The predicted molar refractivity (Wildman–Crippen MR) is 85.8 cm³/mol. The first kappa shape index (κ1) is 13.6. The second-order valence-corrected chi connectivity index (χ2v) is 6.11. The van der Waals surface area contributed by atoms with E-state index in [1.54, 1.807) is 15.6 Å². The zero-order valence-electron chi connectivity index (χ0n) is 13.0. The number of nitrogens with zero attached hydrogens (tertiary/aromatic N) is 4. The van der Waals surface area contributed by atoms with E-state index < -0.39 is 0 Å². The lowest BCUT2D eigenvalue weighted by atomic mass is 9.90. The van der Waals surface area contributed by atoms with E-state index in [4.69, 9.17) is 0 Å². The van der Waals surface area contributed by atoms with Crippen molar-refractivity contribution in [1.29, 1.82) is 0 Å². The third kappa shape index (κ3) is 1.76. The number of para-hydroxylation sites is 1. The largest absolute Gasteiger partial charge is 0.360 e. The summed E-state index contributed by atoms with van der Waals surface area (Å²) < 4.78 is 3.26. The first-order valence-electron chi connectivity index (χ1n) is 7.99. The SMILES string of the molecule is CCC(C)n1ncn(-c2cccc3c2N2CCNCC32)c1=O. The summed E-state index contributed by atoms with van der Waals surface area (Å²) in [4.78, 5) is 15.0. The fourth-order valence-electron chi connectivity index (χ4n) is 3.47. The van der Waals surface area contributed by atoms with Crippen LogP contribution in [0.15, 0.2) is 29.3 Å². The molecular weight excluding hydrogens is 278 g/mol. The van der Waals surface area contributed by atoms with Crippen LogP contribution in [0, 0.1) is 0 Å². The maximum absolute atomic E-state index is 12.6. The van der Waals surface area contributed by atoms with Crippen molar-refractivity contribution in [2.24, 2.45) is 0 Å². The van der Waals surface area contributed by atoms with E-state index in [1.165, 1.54) is 11.3 Å². The van der Waals surface area contributed by atoms with E-state index in [-0.39, 0.29) is 11.7 Å². The van der Waals surface area contributed by atoms with Crippen LogP contribution in [0.3, 0.4) is 0 Å². The fourth-order valence-corrected chi connectivity index (χ4v) is 3.47. The van der Waals surface area contributed by atoms with Gasteiger partial charge in [-0.15, -0.1) is 0 Å². The van der Waals surface area contributed by atoms with Crippen molar-refractivity contribution in [2.45, 2.75) is 32.4 Å². The zero-order valence-corrected chi connectivity index (χ0v) is 13.0. The molecule has 0 spiro atoms. The average Bonchev–Trinajstić information content (AvgIpc) is 2.92. The second-order valence-electron chi connectivity index (χ2n) is 6.11. The molecule has 0 bridgehead atoms. The van der Waals surface area contributed by atoms with Crippen molar-refractivity contribution in [3.05, 3.63) is 40.6 Å². The lowest BCUT2D eigenvalue weighted by molar-refractivity contribution is 0.453. The molecule has 1 N–H and O–H groups in total. The minimum atomic E-state index is -0.0543. The van der Waals surface area contributed by atoms with Gasteiger partial charge in [0.2, 0.25) is 0 Å². The van der Waals surface area contributed by atoms with Crippen molar-refractivity contribution >= 4 is 5.69 Å². The van der Waals surface area contributed by atoms with Gasteiger partial charge in [-0.05, 0) is 19.4 Å². The van der Waals surface area contributed by atoms with Crippen LogP contribution in [0.2, 0.25) is 0 Å². The highest BCUT2D eigenvalue weighted by atomic mass is 16.2. The third-order valence-electron chi connectivity index (χ3n) is 4.90.